The van der Waals surface area contributed by atoms with Gasteiger partial charge in [-0.3, -0.25) is 9.80 Å². The number of hydrogen-bond acceptors (Lipinski definition) is 6. The van der Waals surface area contributed by atoms with Crippen molar-refractivity contribution in [1.29, 1.82) is 0 Å². The Balaban J connectivity index is 1.48. The van der Waals surface area contributed by atoms with Crippen molar-refractivity contribution in [1.82, 2.24) is 9.80 Å². The lowest BCUT2D eigenvalue weighted by atomic mass is 9.85. The number of benzene rings is 1. The Kier molecular flexibility index (Phi) is 6.47. The fourth-order valence-electron chi connectivity index (χ4n) is 6.64. The lowest BCUT2D eigenvalue weighted by Gasteiger charge is -2.47. The maximum absolute atomic E-state index is 2.75. The van der Waals surface area contributed by atoms with E-state index in [4.69, 9.17) is 0 Å². The highest BCUT2D eigenvalue weighted by molar-refractivity contribution is 7.38. The summed E-state index contributed by atoms with van der Waals surface area (Å²) in [5, 5.41) is 2.43. The Morgan fingerprint density at radius 2 is 1.40 bits per heavy atom. The molecule has 0 spiro atoms. The van der Waals surface area contributed by atoms with E-state index in [0.717, 1.165) is 26.2 Å². The van der Waals surface area contributed by atoms with Crippen molar-refractivity contribution in [2.24, 2.45) is 0 Å². The highest BCUT2D eigenvalue weighted by Crippen LogP contribution is 2.48. The molecule has 0 bridgehead atoms. The summed E-state index contributed by atoms with van der Waals surface area (Å²) in [6.07, 6.45) is 2.35. The van der Waals surface area contributed by atoms with Gasteiger partial charge in [-0.05, 0) is 80.8 Å². The van der Waals surface area contributed by atoms with Crippen molar-refractivity contribution < 1.29 is 0 Å². The molecular weight excluding hydrogens is 487 g/mol. The SMILES string of the molecule is CCN(CC)C1Cc2cc(-c3csc4c3sc3cc(C)sc34)cc3c2N(C1)CC(N(CC)CC)C3. The van der Waals surface area contributed by atoms with Crippen molar-refractivity contribution >= 4 is 58.5 Å². The summed E-state index contributed by atoms with van der Waals surface area (Å²) in [5.74, 6) is 0. The van der Waals surface area contributed by atoms with E-state index in [1.807, 2.05) is 34.0 Å². The van der Waals surface area contributed by atoms with Crippen LogP contribution in [0.15, 0.2) is 23.6 Å². The molecule has 0 radical (unpaired) electrons. The van der Waals surface area contributed by atoms with Crippen LogP contribution >= 0.6 is 34.0 Å². The van der Waals surface area contributed by atoms with Crippen molar-refractivity contribution in [3.63, 3.8) is 0 Å². The average molecular weight is 524 g/mol. The molecule has 4 aromatic rings. The van der Waals surface area contributed by atoms with Crippen LogP contribution in [0.1, 0.15) is 43.7 Å². The molecule has 6 rings (SSSR count). The molecule has 0 N–H and O–H groups in total. The lowest BCUT2D eigenvalue weighted by molar-refractivity contribution is 0.189. The normalized spacial score (nSPS) is 20.0. The molecule has 1 aromatic carbocycles. The second-order valence-corrected chi connectivity index (χ2v) is 13.4. The summed E-state index contributed by atoms with van der Waals surface area (Å²) >= 11 is 5.90. The van der Waals surface area contributed by atoms with Gasteiger partial charge in [-0.15, -0.1) is 34.0 Å². The van der Waals surface area contributed by atoms with E-state index in [9.17, 15) is 0 Å². The number of likely N-dealkylation sites (N-methyl/N-ethyl adjacent to an activating group) is 2. The standard InChI is InChI=1S/C29H37N3S3/c1-6-30(7-2)22-13-20-11-19(24-17-33-29-27(24)35-25-10-18(5)34-28(25)29)12-21-14-23(31(8-3)9-4)16-32(15-22)26(20)21/h10-12,17,22-23H,6-9,13-16H2,1-5H3. The van der Waals surface area contributed by atoms with Crippen LogP contribution in [-0.4, -0.2) is 61.2 Å². The zero-order valence-corrected chi connectivity index (χ0v) is 24.1. The number of anilines is 1. The Labute approximate surface area is 222 Å². The number of hydrogen-bond donors (Lipinski definition) is 0. The second kappa shape index (κ2) is 9.46. The van der Waals surface area contributed by atoms with Gasteiger partial charge in [0.2, 0.25) is 0 Å². The van der Waals surface area contributed by atoms with E-state index in [1.165, 1.54) is 60.7 Å². The third-order valence-electron chi connectivity index (χ3n) is 8.31. The van der Waals surface area contributed by atoms with E-state index in [1.54, 1.807) is 16.8 Å². The monoisotopic (exact) mass is 523 g/mol. The Bertz CT molecular complexity index is 1310. The largest absolute Gasteiger partial charge is 0.368 e. The molecule has 2 aliphatic rings. The lowest BCUT2D eigenvalue weighted by Crippen LogP contribution is -2.55. The Hall–Kier alpha value is -1.44. The minimum Gasteiger partial charge on any atom is -0.368 e. The van der Waals surface area contributed by atoms with Crippen molar-refractivity contribution in [3.8, 4) is 11.1 Å². The summed E-state index contributed by atoms with van der Waals surface area (Å²) in [7, 11) is 0. The number of aryl methyl sites for hydroxylation is 1. The van der Waals surface area contributed by atoms with Crippen LogP contribution in [-0.2, 0) is 12.8 Å². The molecule has 3 aromatic heterocycles. The first-order valence-electron chi connectivity index (χ1n) is 13.3. The van der Waals surface area contributed by atoms with Crippen molar-refractivity contribution in [3.05, 3.63) is 39.6 Å². The highest BCUT2D eigenvalue weighted by atomic mass is 32.1. The minimum absolute atomic E-state index is 0.605. The van der Waals surface area contributed by atoms with E-state index in [-0.39, 0.29) is 0 Å². The molecule has 0 saturated heterocycles. The topological polar surface area (TPSA) is 9.72 Å². The summed E-state index contributed by atoms with van der Waals surface area (Å²) in [5.41, 5.74) is 7.61. The van der Waals surface area contributed by atoms with Gasteiger partial charge in [0.1, 0.15) is 0 Å². The predicted molar refractivity (Wildman–Crippen MR) is 158 cm³/mol. The smallest absolute Gasteiger partial charge is 0.0635 e. The number of thiophene rings is 3. The number of nitrogens with zero attached hydrogens (tertiary/aromatic N) is 3. The number of fused-ring (bicyclic) bond motifs is 3. The maximum atomic E-state index is 2.75. The molecule has 0 amide bonds. The fourth-order valence-corrected chi connectivity index (χ4v) is 10.6. The van der Waals surface area contributed by atoms with Gasteiger partial charge in [-0.25, -0.2) is 0 Å². The quantitative estimate of drug-likeness (QED) is 0.248. The first kappa shape index (κ1) is 23.9. The van der Waals surface area contributed by atoms with Crippen LogP contribution in [0.25, 0.3) is 29.9 Å². The highest BCUT2D eigenvalue weighted by Gasteiger charge is 2.36. The summed E-state index contributed by atoms with van der Waals surface area (Å²) in [6.45, 7) is 18.4. The molecule has 2 atom stereocenters. The second-order valence-electron chi connectivity index (χ2n) is 10.2. The first-order chi connectivity index (χ1) is 17.0. The van der Waals surface area contributed by atoms with Crippen LogP contribution in [0, 0.1) is 6.92 Å². The van der Waals surface area contributed by atoms with Crippen LogP contribution in [0.4, 0.5) is 5.69 Å². The van der Waals surface area contributed by atoms with Gasteiger partial charge < -0.3 is 4.90 Å². The van der Waals surface area contributed by atoms with Gasteiger partial charge in [-0.2, -0.15) is 0 Å². The maximum Gasteiger partial charge on any atom is 0.0635 e. The summed E-state index contributed by atoms with van der Waals surface area (Å²) < 4.78 is 5.94. The molecule has 0 aliphatic carbocycles. The van der Waals surface area contributed by atoms with E-state index >= 15 is 0 Å². The van der Waals surface area contributed by atoms with E-state index in [2.05, 4.69) is 72.9 Å². The minimum atomic E-state index is 0.605. The van der Waals surface area contributed by atoms with Crippen LogP contribution in [0.3, 0.4) is 0 Å². The van der Waals surface area contributed by atoms with E-state index in [0.29, 0.717) is 12.1 Å². The van der Waals surface area contributed by atoms with Crippen LogP contribution < -0.4 is 4.90 Å². The molecule has 3 nitrogen and oxygen atoms in total. The van der Waals surface area contributed by atoms with Gasteiger partial charge in [0.05, 0.1) is 14.1 Å². The van der Waals surface area contributed by atoms with Crippen LogP contribution in [0.5, 0.6) is 0 Å². The molecule has 186 valence electrons. The van der Waals surface area contributed by atoms with Crippen molar-refractivity contribution in [2.75, 3.05) is 44.2 Å². The summed E-state index contributed by atoms with van der Waals surface area (Å²) in [6, 6.07) is 8.70. The Morgan fingerprint density at radius 1 is 0.800 bits per heavy atom. The zero-order valence-electron chi connectivity index (χ0n) is 21.7. The molecule has 35 heavy (non-hydrogen) atoms. The van der Waals surface area contributed by atoms with E-state index < -0.39 is 0 Å². The van der Waals surface area contributed by atoms with Gasteiger partial charge in [0.25, 0.3) is 0 Å². The molecule has 5 heterocycles. The predicted octanol–water partition coefficient (Wildman–Crippen LogP) is 7.49. The molecule has 6 heteroatoms. The van der Waals surface area contributed by atoms with Gasteiger partial charge >= 0.3 is 0 Å². The van der Waals surface area contributed by atoms with Gasteiger partial charge in [-0.1, -0.05) is 27.7 Å². The molecule has 2 aliphatic heterocycles. The third kappa shape index (κ3) is 3.97. The summed E-state index contributed by atoms with van der Waals surface area (Å²) in [4.78, 5) is 9.52. The first-order valence-corrected chi connectivity index (χ1v) is 15.8. The number of rotatable bonds is 7. The van der Waals surface area contributed by atoms with Crippen LogP contribution in [0.2, 0.25) is 0 Å². The van der Waals surface area contributed by atoms with Crippen molar-refractivity contribution in [2.45, 2.75) is 59.5 Å². The fraction of sp³-hybridized carbons (Fsp3) is 0.517. The molecule has 0 fully saturated rings. The zero-order chi connectivity index (χ0) is 24.3. The molecule has 0 saturated carbocycles. The van der Waals surface area contributed by atoms with Gasteiger partial charge in [0, 0.05) is 51.4 Å². The third-order valence-corrected chi connectivity index (χ3v) is 11.9. The van der Waals surface area contributed by atoms with Gasteiger partial charge in [0.15, 0.2) is 0 Å². The molecular formula is C29H37N3S3. The molecule has 2 unspecified atom stereocenters. The average Bonchev–Trinajstić information content (AvgIpc) is 3.51. The Morgan fingerprint density at radius 3 is 1.97 bits per heavy atom.